The quantitative estimate of drug-likeness (QED) is 0.661. The number of carbonyl (C=O) groups is 2. The first-order valence-electron chi connectivity index (χ1n) is 14.8. The average molecular weight is 414 g/mol. The second-order valence-electron chi connectivity index (χ2n) is 8.51. The molecule has 2 aliphatic carbocycles. The van der Waals surface area contributed by atoms with E-state index in [1.807, 2.05) is 32.1 Å². The van der Waals surface area contributed by atoms with Gasteiger partial charge in [-0.15, -0.1) is 0 Å². The summed E-state index contributed by atoms with van der Waals surface area (Å²) in [6.07, 6.45) is 1.58. The molecular formula is C24H36O5. The van der Waals surface area contributed by atoms with E-state index in [9.17, 15) is 14.7 Å². The van der Waals surface area contributed by atoms with Gasteiger partial charge in [-0.25, -0.2) is 0 Å². The summed E-state index contributed by atoms with van der Waals surface area (Å²) in [5.41, 5.74) is 0.855. The van der Waals surface area contributed by atoms with Gasteiger partial charge in [-0.3, -0.25) is 9.59 Å². The Morgan fingerprint density at radius 1 is 1.45 bits per heavy atom. The number of esters is 2. The molecular weight excluding hydrogens is 368 g/mol. The van der Waals surface area contributed by atoms with Gasteiger partial charge in [0.25, 0.3) is 0 Å². The van der Waals surface area contributed by atoms with Gasteiger partial charge in [-0.05, 0) is 49.0 Å². The Labute approximate surface area is 187 Å². The third kappa shape index (κ3) is 5.30. The van der Waals surface area contributed by atoms with Crippen molar-refractivity contribution >= 4 is 11.9 Å². The number of hydrogen-bond acceptors (Lipinski definition) is 5. The maximum absolute atomic E-state index is 13.3. The van der Waals surface area contributed by atoms with E-state index in [1.54, 1.807) is 0 Å². The molecule has 0 aromatic rings. The number of aliphatic hydroxyl groups excluding tert-OH is 1. The number of allylic oxidation sites excluding steroid dienone is 3. The van der Waals surface area contributed by atoms with Gasteiger partial charge < -0.3 is 14.6 Å². The van der Waals surface area contributed by atoms with Crippen molar-refractivity contribution in [3.8, 4) is 0 Å². The molecule has 3 rings (SSSR count). The first kappa shape index (κ1) is 12.9. The highest BCUT2D eigenvalue weighted by molar-refractivity contribution is 5.72. The highest BCUT2D eigenvalue weighted by Crippen LogP contribution is 2.45. The third-order valence-electron chi connectivity index (χ3n) is 6.24. The van der Waals surface area contributed by atoms with Gasteiger partial charge in [0.1, 0.15) is 12.2 Å². The second-order valence-corrected chi connectivity index (χ2v) is 8.51. The molecule has 3 aliphatic rings. The highest BCUT2D eigenvalue weighted by atomic mass is 16.5. The van der Waals surface area contributed by atoms with Crippen LogP contribution in [0.5, 0.6) is 0 Å². The van der Waals surface area contributed by atoms with Crippen molar-refractivity contribution in [2.75, 3.05) is 0 Å². The van der Waals surface area contributed by atoms with E-state index < -0.39 is 62.1 Å². The minimum absolute atomic E-state index is 0.00633. The Hall–Kier alpha value is -1.62. The van der Waals surface area contributed by atoms with Crippen LogP contribution >= 0.6 is 0 Å². The lowest BCUT2D eigenvalue weighted by Gasteiger charge is -2.43. The van der Waals surface area contributed by atoms with Crippen molar-refractivity contribution < 1.29 is 36.5 Å². The lowest BCUT2D eigenvalue weighted by molar-refractivity contribution is -0.162. The molecule has 0 spiro atoms. The van der Waals surface area contributed by atoms with Gasteiger partial charge >= 0.3 is 11.9 Å². The van der Waals surface area contributed by atoms with Crippen LogP contribution in [0.25, 0.3) is 0 Å². The van der Waals surface area contributed by atoms with Gasteiger partial charge in [0.2, 0.25) is 0 Å². The highest BCUT2D eigenvalue weighted by Gasteiger charge is 2.42. The van der Waals surface area contributed by atoms with Gasteiger partial charge in [-0.1, -0.05) is 45.8 Å². The summed E-state index contributed by atoms with van der Waals surface area (Å²) in [6, 6.07) is 0. The zero-order valence-corrected chi connectivity index (χ0v) is 16.9. The molecule has 5 heteroatoms. The van der Waals surface area contributed by atoms with E-state index in [2.05, 4.69) is 0 Å². The molecule has 0 amide bonds. The van der Waals surface area contributed by atoms with Crippen LogP contribution in [0.15, 0.2) is 23.8 Å². The predicted octanol–water partition coefficient (Wildman–Crippen LogP) is 4.20. The molecule has 29 heavy (non-hydrogen) atoms. The number of hydrogen-bond donors (Lipinski definition) is 1. The van der Waals surface area contributed by atoms with Gasteiger partial charge in [0.15, 0.2) is 0 Å². The summed E-state index contributed by atoms with van der Waals surface area (Å²) < 4.78 is 81.2. The molecule has 1 unspecified atom stereocenters. The summed E-state index contributed by atoms with van der Waals surface area (Å²) in [6.45, 7) is -3.33. The lowest BCUT2D eigenvalue weighted by Crippen LogP contribution is -2.42. The van der Waals surface area contributed by atoms with Crippen LogP contribution in [-0.2, 0) is 19.1 Å². The molecule has 0 bridgehead atoms. The monoisotopic (exact) mass is 413 g/mol. The van der Waals surface area contributed by atoms with E-state index >= 15 is 0 Å². The van der Waals surface area contributed by atoms with Crippen LogP contribution < -0.4 is 0 Å². The SMILES string of the molecule is [2H]C([2H])([2H])C([2H])([2H])[C@@]([2H])(C(=O)O[C@H]1C[C@@H](C)C=C2C=C[C@H](C)[C@H](CCC3C[C@@H](O)CC(=O)O3)[C@H]21)C([2H])([2H])[2H]. The van der Waals surface area contributed by atoms with Gasteiger partial charge in [0.05, 0.1) is 18.4 Å². The van der Waals surface area contributed by atoms with Crippen molar-refractivity contribution in [3.63, 3.8) is 0 Å². The van der Waals surface area contributed by atoms with Crippen LogP contribution in [0.1, 0.15) is 78.4 Å². The van der Waals surface area contributed by atoms with E-state index in [-0.39, 0.29) is 30.6 Å². The molecule has 1 aliphatic heterocycles. The molecule has 1 heterocycles. The smallest absolute Gasteiger partial charge is 0.308 e. The second kappa shape index (κ2) is 9.46. The van der Waals surface area contributed by atoms with Crippen molar-refractivity contribution in [3.05, 3.63) is 23.8 Å². The van der Waals surface area contributed by atoms with Crippen LogP contribution in [0.2, 0.25) is 0 Å². The minimum atomic E-state index is -3.72. The van der Waals surface area contributed by atoms with E-state index in [0.717, 1.165) is 5.57 Å². The van der Waals surface area contributed by atoms with Crippen molar-refractivity contribution in [2.24, 2.45) is 29.6 Å². The van der Waals surface area contributed by atoms with Crippen LogP contribution in [0, 0.1) is 29.6 Å². The van der Waals surface area contributed by atoms with Crippen molar-refractivity contribution in [2.45, 2.75) is 84.3 Å². The van der Waals surface area contributed by atoms with E-state index in [4.69, 9.17) is 21.8 Å². The van der Waals surface area contributed by atoms with Crippen molar-refractivity contribution in [1.29, 1.82) is 0 Å². The topological polar surface area (TPSA) is 72.8 Å². The number of cyclic esters (lactones) is 1. The number of ether oxygens (including phenoxy) is 2. The Morgan fingerprint density at radius 2 is 2.28 bits per heavy atom. The summed E-state index contributed by atoms with van der Waals surface area (Å²) in [5.74, 6) is -6.53. The maximum Gasteiger partial charge on any atom is 0.308 e. The third-order valence-corrected chi connectivity index (χ3v) is 6.24. The largest absolute Gasteiger partial charge is 0.462 e. The first-order valence-corrected chi connectivity index (χ1v) is 10.3. The maximum atomic E-state index is 13.3. The molecule has 0 aromatic carbocycles. The zero-order chi connectivity index (χ0) is 28.8. The summed E-state index contributed by atoms with van der Waals surface area (Å²) in [7, 11) is 0. The standard InChI is InChI=1S/C24H36O5/c1-5-15(3)24(27)29-21-11-14(2)10-17-7-6-16(4)20(23(17)21)9-8-19-12-18(25)13-22(26)28-19/h6-7,10,14-16,18-21,23,25H,5,8-9,11-13H2,1-4H3/t14-,15-,16-,18+,19?,20-,21-,23-/m0/s1/i1D3,3D3,5D2,15D. The molecule has 8 atom stereocenters. The normalized spacial score (nSPS) is 44.9. The molecule has 0 saturated carbocycles. The fourth-order valence-electron chi connectivity index (χ4n) is 4.89. The number of carbonyl (C=O) groups excluding carboxylic acids is 2. The van der Waals surface area contributed by atoms with Crippen LogP contribution in [0.3, 0.4) is 0 Å². The van der Waals surface area contributed by atoms with Gasteiger partial charge in [-0.2, -0.15) is 0 Å². The predicted molar refractivity (Wildman–Crippen MR) is 111 cm³/mol. The lowest BCUT2D eigenvalue weighted by atomic mass is 9.65. The molecule has 1 saturated heterocycles. The molecule has 5 nitrogen and oxygen atoms in total. The Balaban J connectivity index is 1.90. The molecule has 1 N–H and O–H groups in total. The summed E-state index contributed by atoms with van der Waals surface area (Å²) >= 11 is 0. The zero-order valence-electron chi connectivity index (χ0n) is 25.9. The molecule has 1 fully saturated rings. The summed E-state index contributed by atoms with van der Waals surface area (Å²) in [4.78, 5) is 25.1. The first-order chi connectivity index (χ1) is 17.3. The average Bonchev–Trinajstić information content (AvgIpc) is 2.75. The van der Waals surface area contributed by atoms with Crippen LogP contribution in [-0.4, -0.2) is 35.4 Å². The Bertz CT molecular complexity index is 973. The van der Waals surface area contributed by atoms with E-state index in [0.29, 0.717) is 19.3 Å². The minimum Gasteiger partial charge on any atom is -0.462 e. The number of rotatable bonds is 6. The van der Waals surface area contributed by atoms with Gasteiger partial charge in [0, 0.05) is 24.7 Å². The molecule has 0 radical (unpaired) electrons. The molecule has 0 aromatic heterocycles. The fraction of sp³-hybridized carbons (Fsp3) is 0.750. The fourth-order valence-corrected chi connectivity index (χ4v) is 4.89. The Morgan fingerprint density at radius 3 is 3.00 bits per heavy atom. The van der Waals surface area contributed by atoms with Crippen molar-refractivity contribution in [1.82, 2.24) is 0 Å². The van der Waals surface area contributed by atoms with E-state index in [1.165, 1.54) is 0 Å². The molecule has 162 valence electrons. The Kier molecular flexibility index (Phi) is 4.22. The number of fused-ring (bicyclic) bond motifs is 1. The number of aliphatic hydroxyl groups is 1. The van der Waals surface area contributed by atoms with Crippen LogP contribution in [0.4, 0.5) is 0 Å². The summed E-state index contributed by atoms with van der Waals surface area (Å²) in [5, 5.41) is 9.95.